The number of aromatic nitrogens is 5. The van der Waals surface area contributed by atoms with Gasteiger partial charge in [0, 0.05) is 12.1 Å². The van der Waals surface area contributed by atoms with E-state index in [1.807, 2.05) is 0 Å². The number of fused-ring (bicyclic) bond motifs is 1. The van der Waals surface area contributed by atoms with E-state index in [0.29, 0.717) is 17.0 Å². The molecule has 0 bridgehead atoms. The Morgan fingerprint density at radius 3 is 2.43 bits per heavy atom. The number of nitrogens with two attached hydrogens (primary N) is 1. The lowest BCUT2D eigenvalue weighted by Gasteiger charge is -2.04. The first-order valence-corrected chi connectivity index (χ1v) is 7.75. The summed E-state index contributed by atoms with van der Waals surface area (Å²) in [7, 11) is 0. The number of anilines is 1. The molecule has 4 aromatic rings. The van der Waals surface area contributed by atoms with Gasteiger partial charge in [-0.05, 0) is 17.7 Å². The number of hydrogen-bond acceptors (Lipinski definition) is 10. The Bertz CT molecular complexity index is 1180. The fraction of sp³-hybridized carbons (Fsp3) is 0.0667. The first-order chi connectivity index (χ1) is 13.4. The van der Waals surface area contributed by atoms with E-state index in [1.54, 1.807) is 12.1 Å². The van der Waals surface area contributed by atoms with Gasteiger partial charge in [0.2, 0.25) is 5.95 Å². The van der Waals surface area contributed by atoms with Gasteiger partial charge in [-0.1, -0.05) is 5.21 Å². The smallest absolute Gasteiger partial charge is 0.276 e. The van der Waals surface area contributed by atoms with Crippen LogP contribution in [-0.2, 0) is 6.54 Å². The number of hydrogen-bond donors (Lipinski definition) is 1. The zero-order valence-corrected chi connectivity index (χ0v) is 13.9. The number of benzene rings is 1. The number of nitro groups is 2. The molecule has 3 aromatic heterocycles. The molecule has 0 saturated carbocycles. The largest absolute Gasteiger partial charge is 0.463 e. The third-order valence-corrected chi connectivity index (χ3v) is 3.85. The molecule has 0 amide bonds. The maximum Gasteiger partial charge on any atom is 0.276 e. The van der Waals surface area contributed by atoms with Gasteiger partial charge in [-0.15, -0.1) is 5.10 Å². The molecule has 0 unspecified atom stereocenters. The minimum Gasteiger partial charge on any atom is -0.463 e. The first kappa shape index (κ1) is 17.0. The Morgan fingerprint density at radius 2 is 1.82 bits per heavy atom. The van der Waals surface area contributed by atoms with Crippen LogP contribution < -0.4 is 5.73 Å². The van der Waals surface area contributed by atoms with E-state index >= 15 is 0 Å². The van der Waals surface area contributed by atoms with E-state index in [4.69, 9.17) is 10.2 Å². The monoisotopic (exact) mass is 382 g/mol. The second kappa shape index (κ2) is 6.39. The van der Waals surface area contributed by atoms with Gasteiger partial charge in [0.15, 0.2) is 16.9 Å². The summed E-state index contributed by atoms with van der Waals surface area (Å²) in [6.07, 6.45) is 1.46. The second-order valence-corrected chi connectivity index (χ2v) is 5.70. The summed E-state index contributed by atoms with van der Waals surface area (Å²) in [6, 6.07) is 6.67. The van der Waals surface area contributed by atoms with Gasteiger partial charge in [-0.2, -0.15) is 4.98 Å². The minimum atomic E-state index is -0.703. The number of nitrogen functional groups attached to an aromatic ring is 1. The molecule has 28 heavy (non-hydrogen) atoms. The summed E-state index contributed by atoms with van der Waals surface area (Å²) in [5, 5.41) is 30.1. The molecule has 0 atom stereocenters. The molecule has 13 nitrogen and oxygen atoms in total. The second-order valence-electron chi connectivity index (χ2n) is 5.70. The molecule has 0 aliphatic rings. The molecule has 0 aliphatic carbocycles. The van der Waals surface area contributed by atoms with E-state index in [-0.39, 0.29) is 23.7 Å². The minimum absolute atomic E-state index is 0.0485. The van der Waals surface area contributed by atoms with E-state index in [1.165, 1.54) is 23.1 Å². The van der Waals surface area contributed by atoms with Crippen molar-refractivity contribution in [2.24, 2.45) is 0 Å². The van der Waals surface area contributed by atoms with Crippen molar-refractivity contribution in [3.8, 4) is 11.5 Å². The van der Waals surface area contributed by atoms with Gasteiger partial charge < -0.3 is 10.2 Å². The Hall–Kier alpha value is -4.42. The number of nitrogens with zero attached hydrogens (tertiary/aromatic N) is 7. The van der Waals surface area contributed by atoms with Crippen LogP contribution in [0.15, 0.2) is 41.0 Å². The topological polar surface area (TPSA) is 182 Å². The van der Waals surface area contributed by atoms with Crippen LogP contribution in [0.1, 0.15) is 5.56 Å². The van der Waals surface area contributed by atoms with Gasteiger partial charge in [0.05, 0.1) is 28.7 Å². The molecule has 0 radical (unpaired) electrons. The highest BCUT2D eigenvalue weighted by Crippen LogP contribution is 2.27. The SMILES string of the molecule is Nc1nc(-c2ccco2)c2nnn(Cc3cc([N+](=O)[O-])cc([N+](=O)[O-])c3)c2n1. The van der Waals surface area contributed by atoms with Crippen molar-refractivity contribution in [3.63, 3.8) is 0 Å². The molecule has 140 valence electrons. The normalized spacial score (nSPS) is 11.0. The van der Waals surface area contributed by atoms with Crippen LogP contribution in [0, 0.1) is 20.2 Å². The Balaban J connectivity index is 1.81. The van der Waals surface area contributed by atoms with Crippen LogP contribution >= 0.6 is 0 Å². The van der Waals surface area contributed by atoms with Gasteiger partial charge >= 0.3 is 0 Å². The molecule has 0 spiro atoms. The highest BCUT2D eigenvalue weighted by Gasteiger charge is 2.20. The fourth-order valence-corrected chi connectivity index (χ4v) is 2.70. The lowest BCUT2D eigenvalue weighted by Crippen LogP contribution is -2.06. The molecule has 4 rings (SSSR count). The van der Waals surface area contributed by atoms with Crippen LogP contribution in [-0.4, -0.2) is 34.8 Å². The van der Waals surface area contributed by atoms with E-state index in [9.17, 15) is 20.2 Å². The summed E-state index contributed by atoms with van der Waals surface area (Å²) >= 11 is 0. The molecule has 0 fully saturated rings. The maximum absolute atomic E-state index is 11.1. The van der Waals surface area contributed by atoms with E-state index in [0.717, 1.165) is 6.07 Å². The third-order valence-electron chi connectivity index (χ3n) is 3.85. The van der Waals surface area contributed by atoms with Crippen LogP contribution in [0.25, 0.3) is 22.6 Å². The van der Waals surface area contributed by atoms with E-state index < -0.39 is 21.2 Å². The lowest BCUT2D eigenvalue weighted by molar-refractivity contribution is -0.394. The predicted molar refractivity (Wildman–Crippen MR) is 94.1 cm³/mol. The van der Waals surface area contributed by atoms with Crippen LogP contribution in [0.5, 0.6) is 0 Å². The summed E-state index contributed by atoms with van der Waals surface area (Å²) in [6.45, 7) is -0.0485. The highest BCUT2D eigenvalue weighted by atomic mass is 16.6. The average Bonchev–Trinajstić information content (AvgIpc) is 3.31. The third kappa shape index (κ3) is 2.96. The van der Waals surface area contributed by atoms with Gasteiger partial charge in [-0.25, -0.2) is 9.67 Å². The van der Waals surface area contributed by atoms with Crippen molar-refractivity contribution in [1.82, 2.24) is 25.0 Å². The van der Waals surface area contributed by atoms with Crippen LogP contribution in [0.3, 0.4) is 0 Å². The summed E-state index contributed by atoms with van der Waals surface area (Å²) in [5.41, 5.74) is 6.15. The van der Waals surface area contributed by atoms with Gasteiger partial charge in [-0.3, -0.25) is 20.2 Å². The maximum atomic E-state index is 11.1. The standard InChI is InChI=1S/C15H10N8O5/c16-15-17-12(11-2-1-3-28-11)13-14(18-15)21(20-19-13)7-8-4-9(22(24)25)6-10(5-8)23(26)27/h1-6H,7H2,(H2,16,17,18). The van der Waals surface area contributed by atoms with Gasteiger partial charge in [0.25, 0.3) is 11.4 Å². The zero-order valence-electron chi connectivity index (χ0n) is 13.9. The van der Waals surface area contributed by atoms with E-state index in [2.05, 4.69) is 20.3 Å². The molecule has 3 heterocycles. The van der Waals surface area contributed by atoms with Gasteiger partial charge in [0.1, 0.15) is 5.69 Å². The average molecular weight is 382 g/mol. The molecule has 0 aliphatic heterocycles. The fourth-order valence-electron chi connectivity index (χ4n) is 2.70. The van der Waals surface area contributed by atoms with Crippen molar-refractivity contribution >= 4 is 28.5 Å². The van der Waals surface area contributed by atoms with Crippen molar-refractivity contribution in [3.05, 3.63) is 62.4 Å². The summed E-state index contributed by atoms with van der Waals surface area (Å²) < 4.78 is 6.64. The Morgan fingerprint density at radius 1 is 1.11 bits per heavy atom. The molecule has 2 N–H and O–H groups in total. The highest BCUT2D eigenvalue weighted by molar-refractivity contribution is 5.85. The van der Waals surface area contributed by atoms with Crippen molar-refractivity contribution in [2.45, 2.75) is 6.54 Å². The van der Waals surface area contributed by atoms with Crippen LogP contribution in [0.4, 0.5) is 17.3 Å². The van der Waals surface area contributed by atoms with Crippen molar-refractivity contribution in [2.75, 3.05) is 5.73 Å². The number of furan rings is 1. The number of nitro benzene ring substituents is 2. The number of rotatable bonds is 5. The molecule has 0 saturated heterocycles. The molecule has 13 heteroatoms. The van der Waals surface area contributed by atoms with Crippen molar-refractivity contribution < 1.29 is 14.3 Å². The van der Waals surface area contributed by atoms with Crippen molar-refractivity contribution in [1.29, 1.82) is 0 Å². The predicted octanol–water partition coefficient (Wildman–Crippen LogP) is 1.93. The molecular weight excluding hydrogens is 372 g/mol. The van der Waals surface area contributed by atoms with Crippen LogP contribution in [0.2, 0.25) is 0 Å². The molecule has 1 aromatic carbocycles. The Kier molecular flexibility index (Phi) is 3.88. The molecular formula is C15H10N8O5. The quantitative estimate of drug-likeness (QED) is 0.395. The summed E-state index contributed by atoms with van der Waals surface area (Å²) in [5.74, 6) is 0.365. The number of non-ortho nitro benzene ring substituents is 2. The summed E-state index contributed by atoms with van der Waals surface area (Å²) in [4.78, 5) is 29.0. The Labute approximate surface area is 154 Å². The first-order valence-electron chi connectivity index (χ1n) is 7.75. The zero-order chi connectivity index (χ0) is 19.8. The lowest BCUT2D eigenvalue weighted by atomic mass is 10.1.